The fraction of sp³-hybridized carbons (Fsp3) is 0.143. The van der Waals surface area contributed by atoms with Crippen LogP contribution in [0.4, 0.5) is 5.69 Å². The van der Waals surface area contributed by atoms with E-state index in [9.17, 15) is 0 Å². The average Bonchev–Trinajstić information content (AvgIpc) is 2.33. The van der Waals surface area contributed by atoms with E-state index in [1.165, 1.54) is 11.1 Å². The summed E-state index contributed by atoms with van der Waals surface area (Å²) >= 11 is 13.0. The minimum absolute atomic E-state index is 0.738. The SMILES string of the molecule is Cc1cccc(NCc2ccc(Cl)cc2Br)c1Br. The third kappa shape index (κ3) is 3.28. The van der Waals surface area contributed by atoms with Crippen LogP contribution >= 0.6 is 43.5 Å². The lowest BCUT2D eigenvalue weighted by Crippen LogP contribution is -2.01. The predicted octanol–water partition coefficient (Wildman–Crippen LogP) is 5.79. The van der Waals surface area contributed by atoms with Crippen molar-refractivity contribution in [1.29, 1.82) is 0 Å². The van der Waals surface area contributed by atoms with Gasteiger partial charge in [0, 0.05) is 26.2 Å². The molecular formula is C14H12Br2ClN. The predicted molar refractivity (Wildman–Crippen MR) is 85.4 cm³/mol. The molecule has 18 heavy (non-hydrogen) atoms. The van der Waals surface area contributed by atoms with Gasteiger partial charge in [0.05, 0.1) is 0 Å². The highest BCUT2D eigenvalue weighted by Gasteiger charge is 2.04. The summed E-state index contributed by atoms with van der Waals surface area (Å²) in [6, 6.07) is 12.0. The zero-order chi connectivity index (χ0) is 13.1. The molecule has 2 rings (SSSR count). The van der Waals surface area contributed by atoms with Gasteiger partial charge in [-0.2, -0.15) is 0 Å². The minimum Gasteiger partial charge on any atom is -0.380 e. The molecule has 0 saturated carbocycles. The van der Waals surface area contributed by atoms with Gasteiger partial charge in [0.25, 0.3) is 0 Å². The zero-order valence-electron chi connectivity index (χ0n) is 9.81. The average molecular weight is 390 g/mol. The van der Waals surface area contributed by atoms with Gasteiger partial charge in [0.1, 0.15) is 0 Å². The Morgan fingerprint density at radius 2 is 1.94 bits per heavy atom. The van der Waals surface area contributed by atoms with E-state index < -0.39 is 0 Å². The maximum absolute atomic E-state index is 5.92. The molecule has 0 fully saturated rings. The molecule has 94 valence electrons. The number of rotatable bonds is 3. The van der Waals surface area contributed by atoms with Crippen molar-refractivity contribution in [3.8, 4) is 0 Å². The summed E-state index contributed by atoms with van der Waals surface area (Å²) in [5.41, 5.74) is 3.49. The van der Waals surface area contributed by atoms with E-state index in [1.807, 2.05) is 24.3 Å². The van der Waals surface area contributed by atoms with Crippen molar-refractivity contribution in [2.75, 3.05) is 5.32 Å². The molecule has 2 aromatic rings. The van der Waals surface area contributed by atoms with Crippen molar-refractivity contribution in [2.24, 2.45) is 0 Å². The largest absolute Gasteiger partial charge is 0.380 e. The number of benzene rings is 2. The standard InChI is InChI=1S/C14H12Br2ClN/c1-9-3-2-4-13(14(9)16)18-8-10-5-6-11(17)7-12(10)15/h2-7,18H,8H2,1H3. The molecule has 1 nitrogen and oxygen atoms in total. The summed E-state index contributed by atoms with van der Waals surface area (Å²) in [4.78, 5) is 0. The highest BCUT2D eigenvalue weighted by molar-refractivity contribution is 9.11. The lowest BCUT2D eigenvalue weighted by molar-refractivity contribution is 1.13. The van der Waals surface area contributed by atoms with Gasteiger partial charge < -0.3 is 5.32 Å². The normalized spacial score (nSPS) is 10.4. The number of aryl methyl sites for hydroxylation is 1. The van der Waals surface area contributed by atoms with Gasteiger partial charge in [-0.3, -0.25) is 0 Å². The van der Waals surface area contributed by atoms with Crippen LogP contribution in [0.3, 0.4) is 0 Å². The Hall–Kier alpha value is -0.510. The zero-order valence-corrected chi connectivity index (χ0v) is 13.7. The van der Waals surface area contributed by atoms with Crippen molar-refractivity contribution in [1.82, 2.24) is 0 Å². The molecule has 0 bridgehead atoms. The van der Waals surface area contributed by atoms with Gasteiger partial charge in [0.15, 0.2) is 0 Å². The van der Waals surface area contributed by atoms with Crippen LogP contribution in [-0.4, -0.2) is 0 Å². The molecule has 0 heterocycles. The Labute approximate surface area is 129 Å². The second-order valence-corrected chi connectivity index (χ2v) is 6.11. The topological polar surface area (TPSA) is 12.0 Å². The quantitative estimate of drug-likeness (QED) is 0.701. The molecule has 0 aliphatic heterocycles. The van der Waals surface area contributed by atoms with E-state index >= 15 is 0 Å². The smallest absolute Gasteiger partial charge is 0.0490 e. The molecule has 0 unspecified atom stereocenters. The number of nitrogens with one attached hydrogen (secondary N) is 1. The maximum Gasteiger partial charge on any atom is 0.0490 e. The Bertz CT molecular complexity index is 570. The van der Waals surface area contributed by atoms with E-state index in [1.54, 1.807) is 0 Å². The van der Waals surface area contributed by atoms with Crippen molar-refractivity contribution < 1.29 is 0 Å². The number of hydrogen-bond donors (Lipinski definition) is 1. The minimum atomic E-state index is 0.738. The summed E-state index contributed by atoms with van der Waals surface area (Å²) in [5, 5.41) is 4.15. The fourth-order valence-corrected chi connectivity index (χ4v) is 2.87. The van der Waals surface area contributed by atoms with E-state index in [2.05, 4.69) is 56.2 Å². The molecule has 4 heteroatoms. The van der Waals surface area contributed by atoms with E-state index in [-0.39, 0.29) is 0 Å². The maximum atomic E-state index is 5.92. The third-order valence-electron chi connectivity index (χ3n) is 2.68. The molecule has 0 aliphatic rings. The first-order valence-electron chi connectivity index (χ1n) is 5.51. The Balaban J connectivity index is 2.14. The van der Waals surface area contributed by atoms with Gasteiger partial charge in [-0.15, -0.1) is 0 Å². The first-order valence-corrected chi connectivity index (χ1v) is 7.47. The molecule has 0 radical (unpaired) electrons. The van der Waals surface area contributed by atoms with Crippen LogP contribution in [0.25, 0.3) is 0 Å². The molecule has 0 spiro atoms. The van der Waals surface area contributed by atoms with Gasteiger partial charge >= 0.3 is 0 Å². The highest BCUT2D eigenvalue weighted by Crippen LogP contribution is 2.27. The van der Waals surface area contributed by atoms with Crippen LogP contribution in [0.15, 0.2) is 45.3 Å². The van der Waals surface area contributed by atoms with Gasteiger partial charge in [-0.1, -0.05) is 45.7 Å². The summed E-state index contributed by atoms with van der Waals surface area (Å²) < 4.78 is 2.13. The lowest BCUT2D eigenvalue weighted by Gasteiger charge is -2.11. The van der Waals surface area contributed by atoms with E-state index in [4.69, 9.17) is 11.6 Å². The first kappa shape index (κ1) is 13.9. The number of anilines is 1. The van der Waals surface area contributed by atoms with E-state index in [0.717, 1.165) is 26.2 Å². The Morgan fingerprint density at radius 1 is 1.17 bits per heavy atom. The van der Waals surface area contributed by atoms with Crippen LogP contribution in [0, 0.1) is 6.92 Å². The second kappa shape index (κ2) is 6.09. The van der Waals surface area contributed by atoms with Crippen molar-refractivity contribution in [3.63, 3.8) is 0 Å². The number of hydrogen-bond acceptors (Lipinski definition) is 1. The van der Waals surface area contributed by atoms with Crippen LogP contribution in [-0.2, 0) is 6.54 Å². The fourth-order valence-electron chi connectivity index (χ4n) is 1.64. The summed E-state index contributed by atoms with van der Waals surface area (Å²) in [6.07, 6.45) is 0. The number of halogens is 3. The Morgan fingerprint density at radius 3 is 2.67 bits per heavy atom. The highest BCUT2D eigenvalue weighted by atomic mass is 79.9. The lowest BCUT2D eigenvalue weighted by atomic mass is 10.2. The van der Waals surface area contributed by atoms with Crippen LogP contribution < -0.4 is 5.32 Å². The van der Waals surface area contributed by atoms with Crippen molar-refractivity contribution in [3.05, 3.63) is 61.5 Å². The Kier molecular flexibility index (Phi) is 4.71. The monoisotopic (exact) mass is 387 g/mol. The van der Waals surface area contributed by atoms with E-state index in [0.29, 0.717) is 0 Å². The molecule has 0 atom stereocenters. The molecule has 0 aromatic heterocycles. The first-order chi connectivity index (χ1) is 8.58. The molecule has 0 saturated heterocycles. The van der Waals surface area contributed by atoms with Gasteiger partial charge in [-0.05, 0) is 52.2 Å². The van der Waals surface area contributed by atoms with Crippen molar-refractivity contribution in [2.45, 2.75) is 13.5 Å². The summed E-state index contributed by atoms with van der Waals surface area (Å²) in [6.45, 7) is 2.83. The molecule has 0 aliphatic carbocycles. The summed E-state index contributed by atoms with van der Waals surface area (Å²) in [5.74, 6) is 0. The molecule has 2 aromatic carbocycles. The second-order valence-electron chi connectivity index (χ2n) is 4.03. The van der Waals surface area contributed by atoms with Crippen LogP contribution in [0.2, 0.25) is 5.02 Å². The molecular weight excluding hydrogens is 377 g/mol. The third-order valence-corrected chi connectivity index (χ3v) is 4.70. The molecule has 0 amide bonds. The van der Waals surface area contributed by atoms with Crippen molar-refractivity contribution >= 4 is 49.1 Å². The van der Waals surface area contributed by atoms with Crippen LogP contribution in [0.1, 0.15) is 11.1 Å². The van der Waals surface area contributed by atoms with Crippen LogP contribution in [0.5, 0.6) is 0 Å². The summed E-state index contributed by atoms with van der Waals surface area (Å²) in [7, 11) is 0. The van der Waals surface area contributed by atoms with Gasteiger partial charge in [-0.25, -0.2) is 0 Å². The molecule has 1 N–H and O–H groups in total. The van der Waals surface area contributed by atoms with Gasteiger partial charge in [0.2, 0.25) is 0 Å².